The summed E-state index contributed by atoms with van der Waals surface area (Å²) in [6.45, 7) is 3.32. The van der Waals surface area contributed by atoms with Gasteiger partial charge in [0.2, 0.25) is 0 Å². The van der Waals surface area contributed by atoms with E-state index in [0.29, 0.717) is 19.0 Å². The van der Waals surface area contributed by atoms with Gasteiger partial charge in [0.05, 0.1) is 13.2 Å². The standard InChI is InChI=1S/C9H16BNO3/c1-3-4-7-5-11(9(12)13-2)6-8(7)14-10/h7-8H,3-6H2,1-2H3. The Kier molecular flexibility index (Phi) is 4.26. The predicted octanol–water partition coefficient (Wildman–Crippen LogP) is 0.953. The van der Waals surface area contributed by atoms with E-state index in [-0.39, 0.29) is 12.2 Å². The molecule has 0 aromatic carbocycles. The Bertz CT molecular complexity index is 200. The topological polar surface area (TPSA) is 38.8 Å². The predicted molar refractivity (Wildman–Crippen MR) is 53.0 cm³/mol. The maximum absolute atomic E-state index is 11.2. The zero-order chi connectivity index (χ0) is 10.6. The molecule has 1 fully saturated rings. The number of amides is 1. The van der Waals surface area contributed by atoms with Crippen LogP contribution in [0.2, 0.25) is 0 Å². The van der Waals surface area contributed by atoms with Crippen LogP contribution in [0, 0.1) is 5.92 Å². The molecule has 5 heteroatoms. The number of nitrogens with zero attached hydrogens (tertiary/aromatic N) is 1. The molecule has 4 nitrogen and oxygen atoms in total. The van der Waals surface area contributed by atoms with Crippen molar-refractivity contribution in [1.82, 2.24) is 4.90 Å². The maximum atomic E-state index is 11.2. The number of hydrogen-bond acceptors (Lipinski definition) is 3. The summed E-state index contributed by atoms with van der Waals surface area (Å²) in [6, 6.07) is 0. The van der Waals surface area contributed by atoms with Crippen LogP contribution in [-0.4, -0.2) is 45.3 Å². The molecule has 1 rings (SSSR count). The summed E-state index contributed by atoms with van der Waals surface area (Å²) >= 11 is 0. The molecule has 1 aliphatic rings. The van der Waals surface area contributed by atoms with Gasteiger partial charge in [-0.3, -0.25) is 0 Å². The van der Waals surface area contributed by atoms with Crippen LogP contribution < -0.4 is 0 Å². The van der Waals surface area contributed by atoms with E-state index in [1.165, 1.54) is 7.11 Å². The minimum absolute atomic E-state index is 0.0472. The highest BCUT2D eigenvalue weighted by atomic mass is 16.5. The molecule has 78 valence electrons. The van der Waals surface area contributed by atoms with Crippen molar-refractivity contribution >= 4 is 14.1 Å². The maximum Gasteiger partial charge on any atom is 0.409 e. The molecule has 0 bridgehead atoms. The normalized spacial score (nSPS) is 26.6. The fourth-order valence-corrected chi connectivity index (χ4v) is 1.92. The minimum Gasteiger partial charge on any atom is -0.453 e. The Morgan fingerprint density at radius 3 is 2.79 bits per heavy atom. The summed E-state index contributed by atoms with van der Waals surface area (Å²) in [4.78, 5) is 12.9. The monoisotopic (exact) mass is 197 g/mol. The van der Waals surface area contributed by atoms with Gasteiger partial charge in [-0.05, 0) is 6.42 Å². The van der Waals surface area contributed by atoms with Crippen LogP contribution >= 0.6 is 0 Å². The second kappa shape index (κ2) is 5.24. The zero-order valence-electron chi connectivity index (χ0n) is 8.73. The number of rotatable bonds is 3. The number of carbonyl (C=O) groups excluding carboxylic acids is 1. The van der Waals surface area contributed by atoms with E-state index in [1.807, 2.05) is 0 Å². The highest BCUT2D eigenvalue weighted by Gasteiger charge is 2.34. The highest BCUT2D eigenvalue weighted by Crippen LogP contribution is 2.23. The first-order valence-electron chi connectivity index (χ1n) is 4.91. The van der Waals surface area contributed by atoms with Gasteiger partial charge in [-0.25, -0.2) is 4.79 Å². The summed E-state index contributed by atoms with van der Waals surface area (Å²) in [5.74, 6) is 0.337. The van der Waals surface area contributed by atoms with E-state index in [9.17, 15) is 4.79 Å². The summed E-state index contributed by atoms with van der Waals surface area (Å²) in [5, 5.41) is 0. The van der Waals surface area contributed by atoms with Crippen molar-refractivity contribution in [3.05, 3.63) is 0 Å². The number of likely N-dealkylation sites (tertiary alicyclic amines) is 1. The quantitative estimate of drug-likeness (QED) is 0.632. The van der Waals surface area contributed by atoms with Crippen LogP contribution in [0.4, 0.5) is 4.79 Å². The molecule has 2 atom stereocenters. The van der Waals surface area contributed by atoms with E-state index in [1.54, 1.807) is 4.90 Å². The van der Waals surface area contributed by atoms with Gasteiger partial charge >= 0.3 is 6.09 Å². The van der Waals surface area contributed by atoms with Gasteiger partial charge in [-0.1, -0.05) is 13.3 Å². The van der Waals surface area contributed by atoms with Crippen LogP contribution in [0.5, 0.6) is 0 Å². The molecule has 0 saturated carbocycles. The number of carbonyl (C=O) groups is 1. The van der Waals surface area contributed by atoms with Crippen molar-refractivity contribution in [1.29, 1.82) is 0 Å². The van der Waals surface area contributed by atoms with Crippen molar-refractivity contribution in [2.45, 2.75) is 25.9 Å². The lowest BCUT2D eigenvalue weighted by molar-refractivity contribution is 0.126. The summed E-state index contributed by atoms with van der Waals surface area (Å²) in [6.07, 6.45) is 1.74. The molecule has 1 saturated heterocycles. The third kappa shape index (κ3) is 2.41. The smallest absolute Gasteiger partial charge is 0.409 e. The van der Waals surface area contributed by atoms with Crippen molar-refractivity contribution in [2.24, 2.45) is 5.92 Å². The van der Waals surface area contributed by atoms with Gasteiger partial charge in [0, 0.05) is 19.0 Å². The average Bonchev–Trinajstić information content (AvgIpc) is 2.60. The summed E-state index contributed by atoms with van der Waals surface area (Å²) < 4.78 is 9.50. The first-order chi connectivity index (χ1) is 6.72. The van der Waals surface area contributed by atoms with Crippen molar-refractivity contribution < 1.29 is 14.2 Å². The van der Waals surface area contributed by atoms with E-state index in [0.717, 1.165) is 12.8 Å². The Labute approximate surface area is 86.0 Å². The fourth-order valence-electron chi connectivity index (χ4n) is 1.92. The molecule has 1 amide bonds. The average molecular weight is 197 g/mol. The molecule has 0 aromatic rings. The van der Waals surface area contributed by atoms with Gasteiger partial charge in [-0.15, -0.1) is 0 Å². The molecule has 0 aliphatic carbocycles. The van der Waals surface area contributed by atoms with E-state index < -0.39 is 0 Å². The molecule has 2 unspecified atom stereocenters. The first-order valence-corrected chi connectivity index (χ1v) is 4.91. The summed E-state index contributed by atoms with van der Waals surface area (Å²) in [7, 11) is 6.56. The SMILES string of the molecule is [B]OC1CN(C(=O)OC)CC1CCC. The molecule has 0 aromatic heterocycles. The van der Waals surface area contributed by atoms with Gasteiger partial charge in [0.1, 0.15) is 0 Å². The van der Waals surface area contributed by atoms with Gasteiger partial charge < -0.3 is 14.3 Å². The number of ether oxygens (including phenoxy) is 1. The van der Waals surface area contributed by atoms with Crippen molar-refractivity contribution in [3.8, 4) is 0 Å². The minimum atomic E-state index is -0.300. The lowest BCUT2D eigenvalue weighted by atomic mass is 10.0. The van der Waals surface area contributed by atoms with E-state index >= 15 is 0 Å². The molecular weight excluding hydrogens is 181 g/mol. The third-order valence-electron chi connectivity index (χ3n) is 2.65. The molecule has 14 heavy (non-hydrogen) atoms. The van der Waals surface area contributed by atoms with Crippen LogP contribution in [0.1, 0.15) is 19.8 Å². The Morgan fingerprint density at radius 1 is 1.57 bits per heavy atom. The van der Waals surface area contributed by atoms with Crippen LogP contribution in [0.15, 0.2) is 0 Å². The first kappa shape index (κ1) is 11.4. The molecule has 1 aliphatic heterocycles. The van der Waals surface area contributed by atoms with Crippen LogP contribution in [0.3, 0.4) is 0 Å². The summed E-state index contributed by atoms with van der Waals surface area (Å²) in [5.41, 5.74) is 0. The Balaban J connectivity index is 2.51. The number of methoxy groups -OCH3 is 1. The van der Waals surface area contributed by atoms with Crippen molar-refractivity contribution in [3.63, 3.8) is 0 Å². The molecule has 2 radical (unpaired) electrons. The van der Waals surface area contributed by atoms with Crippen molar-refractivity contribution in [2.75, 3.05) is 20.2 Å². The lowest BCUT2D eigenvalue weighted by Gasteiger charge is -2.15. The largest absolute Gasteiger partial charge is 0.453 e. The van der Waals surface area contributed by atoms with Gasteiger partial charge in [-0.2, -0.15) is 0 Å². The molecule has 1 heterocycles. The molecular formula is C9H16BNO3. The highest BCUT2D eigenvalue weighted by molar-refractivity contribution is 5.98. The third-order valence-corrected chi connectivity index (χ3v) is 2.65. The van der Waals surface area contributed by atoms with Gasteiger partial charge in [0.15, 0.2) is 0 Å². The van der Waals surface area contributed by atoms with Gasteiger partial charge in [0.25, 0.3) is 8.05 Å². The molecule has 0 spiro atoms. The van der Waals surface area contributed by atoms with Crippen LogP contribution in [-0.2, 0) is 9.39 Å². The number of hydrogen-bond donors (Lipinski definition) is 0. The van der Waals surface area contributed by atoms with E-state index in [4.69, 9.17) is 12.7 Å². The Morgan fingerprint density at radius 2 is 2.29 bits per heavy atom. The zero-order valence-corrected chi connectivity index (χ0v) is 8.73. The molecule has 0 N–H and O–H groups in total. The second-order valence-electron chi connectivity index (χ2n) is 3.60. The Hall–Kier alpha value is -0.705. The second-order valence-corrected chi connectivity index (χ2v) is 3.60. The van der Waals surface area contributed by atoms with Crippen LogP contribution in [0.25, 0.3) is 0 Å². The van der Waals surface area contributed by atoms with E-state index in [2.05, 4.69) is 11.7 Å². The fraction of sp³-hybridized carbons (Fsp3) is 0.889. The lowest BCUT2D eigenvalue weighted by Crippen LogP contribution is -2.29.